The fourth-order valence-corrected chi connectivity index (χ4v) is 3.59. The van der Waals surface area contributed by atoms with Gasteiger partial charge in [-0.05, 0) is 55.3 Å². The van der Waals surface area contributed by atoms with E-state index >= 15 is 0 Å². The Balaban J connectivity index is 2.78. The molecule has 0 spiro atoms. The first-order chi connectivity index (χ1) is 8.04. The van der Waals surface area contributed by atoms with Crippen LogP contribution in [0.2, 0.25) is 18.1 Å². The zero-order valence-electron chi connectivity index (χ0n) is 13.6. The Morgan fingerprint density at radius 2 is 1.83 bits per heavy atom. The van der Waals surface area contributed by atoms with Gasteiger partial charge in [-0.1, -0.05) is 40.7 Å². The third kappa shape index (κ3) is 3.71. The van der Waals surface area contributed by atoms with Crippen LogP contribution in [0.5, 0.6) is 0 Å². The fraction of sp³-hybridized carbons (Fsp3) is 0.875. The second-order valence-electron chi connectivity index (χ2n) is 7.79. The van der Waals surface area contributed by atoms with Crippen molar-refractivity contribution in [2.75, 3.05) is 0 Å². The van der Waals surface area contributed by atoms with Gasteiger partial charge in [0.2, 0.25) is 0 Å². The van der Waals surface area contributed by atoms with Gasteiger partial charge in [-0.2, -0.15) is 0 Å². The highest BCUT2D eigenvalue weighted by molar-refractivity contribution is 6.74. The lowest BCUT2D eigenvalue weighted by Crippen LogP contribution is -2.45. The van der Waals surface area contributed by atoms with Crippen molar-refractivity contribution in [3.63, 3.8) is 0 Å². The molecule has 2 atom stereocenters. The smallest absolute Gasteiger partial charge is 0.192 e. The number of hydrogen-bond donors (Lipinski definition) is 0. The molecular weight excluding hydrogens is 236 g/mol. The Bertz CT molecular complexity index is 310. The molecule has 18 heavy (non-hydrogen) atoms. The van der Waals surface area contributed by atoms with Crippen LogP contribution in [0.25, 0.3) is 0 Å². The normalized spacial score (nSPS) is 26.4. The standard InChI is InChI=1S/C16H32OSi/c1-12(2)14-10-9-13(3)15(11-14)17-18(7,8)16(4,5)6/h9,12,14-15H,10-11H2,1-8H3/t14-,15-/m1/s1. The van der Waals surface area contributed by atoms with E-state index in [-0.39, 0.29) is 0 Å². The molecule has 0 radical (unpaired) electrons. The van der Waals surface area contributed by atoms with E-state index in [1.54, 1.807) is 0 Å². The van der Waals surface area contributed by atoms with E-state index in [4.69, 9.17) is 4.43 Å². The minimum Gasteiger partial charge on any atom is -0.410 e. The van der Waals surface area contributed by atoms with Crippen molar-refractivity contribution < 1.29 is 4.43 Å². The first-order valence-corrected chi connectivity index (χ1v) is 10.3. The summed E-state index contributed by atoms with van der Waals surface area (Å²) in [5.41, 5.74) is 1.46. The summed E-state index contributed by atoms with van der Waals surface area (Å²) in [6.45, 7) is 18.6. The van der Waals surface area contributed by atoms with Gasteiger partial charge in [0.15, 0.2) is 8.32 Å². The highest BCUT2D eigenvalue weighted by Crippen LogP contribution is 2.40. The van der Waals surface area contributed by atoms with E-state index in [1.165, 1.54) is 18.4 Å². The van der Waals surface area contributed by atoms with Gasteiger partial charge in [-0.15, -0.1) is 0 Å². The molecule has 2 heteroatoms. The van der Waals surface area contributed by atoms with Crippen molar-refractivity contribution in [3.8, 4) is 0 Å². The zero-order valence-corrected chi connectivity index (χ0v) is 14.6. The van der Waals surface area contributed by atoms with Crippen LogP contribution in [0.1, 0.15) is 54.4 Å². The summed E-state index contributed by atoms with van der Waals surface area (Å²) in [5, 5.41) is 0.304. The quantitative estimate of drug-likeness (QED) is 0.492. The molecule has 0 saturated heterocycles. The Hall–Kier alpha value is -0.0831. The minimum atomic E-state index is -1.64. The minimum absolute atomic E-state index is 0.304. The maximum absolute atomic E-state index is 6.61. The molecule has 1 nitrogen and oxygen atoms in total. The topological polar surface area (TPSA) is 9.23 Å². The SMILES string of the molecule is CC1=CC[C@@H](C(C)C)C[C@H]1O[Si](C)(C)C(C)(C)C. The van der Waals surface area contributed by atoms with Gasteiger partial charge in [-0.25, -0.2) is 0 Å². The Kier molecular flexibility index (Phi) is 4.88. The van der Waals surface area contributed by atoms with Gasteiger partial charge >= 0.3 is 0 Å². The number of hydrogen-bond acceptors (Lipinski definition) is 1. The second-order valence-corrected chi connectivity index (χ2v) is 12.5. The van der Waals surface area contributed by atoms with Gasteiger partial charge in [0.25, 0.3) is 0 Å². The Morgan fingerprint density at radius 1 is 1.28 bits per heavy atom. The predicted molar refractivity (Wildman–Crippen MR) is 83.4 cm³/mol. The molecule has 0 fully saturated rings. The lowest BCUT2D eigenvalue weighted by Gasteiger charge is -2.42. The fourth-order valence-electron chi connectivity index (χ4n) is 2.24. The Morgan fingerprint density at radius 3 is 2.28 bits per heavy atom. The van der Waals surface area contributed by atoms with Crippen LogP contribution in [-0.2, 0) is 4.43 Å². The number of allylic oxidation sites excluding steroid dienone is 1. The predicted octanol–water partition coefficient (Wildman–Crippen LogP) is 5.39. The van der Waals surface area contributed by atoms with Gasteiger partial charge < -0.3 is 4.43 Å². The van der Waals surface area contributed by atoms with Crippen molar-refractivity contribution in [2.45, 2.75) is 78.6 Å². The third-order valence-electron chi connectivity index (χ3n) is 4.95. The molecule has 0 N–H and O–H groups in total. The molecule has 106 valence electrons. The van der Waals surface area contributed by atoms with Crippen molar-refractivity contribution in [2.24, 2.45) is 11.8 Å². The summed E-state index contributed by atoms with van der Waals surface area (Å²) in [6, 6.07) is 0. The van der Waals surface area contributed by atoms with Crippen molar-refractivity contribution in [1.82, 2.24) is 0 Å². The monoisotopic (exact) mass is 268 g/mol. The molecule has 0 aromatic carbocycles. The summed E-state index contributed by atoms with van der Waals surface area (Å²) in [6.07, 6.45) is 5.23. The lowest BCUT2D eigenvalue weighted by atomic mass is 9.81. The molecule has 0 saturated carbocycles. The van der Waals surface area contributed by atoms with Crippen LogP contribution >= 0.6 is 0 Å². The van der Waals surface area contributed by atoms with Crippen LogP contribution in [0.15, 0.2) is 11.6 Å². The van der Waals surface area contributed by atoms with Crippen molar-refractivity contribution in [3.05, 3.63) is 11.6 Å². The van der Waals surface area contributed by atoms with Crippen LogP contribution in [0, 0.1) is 11.8 Å². The van der Waals surface area contributed by atoms with E-state index in [0.29, 0.717) is 11.1 Å². The van der Waals surface area contributed by atoms with Crippen LogP contribution in [-0.4, -0.2) is 14.4 Å². The molecule has 0 heterocycles. The summed E-state index contributed by atoms with van der Waals surface area (Å²) in [4.78, 5) is 0. The molecule has 1 aliphatic carbocycles. The molecule has 0 aliphatic heterocycles. The maximum atomic E-state index is 6.61. The number of rotatable bonds is 3. The highest BCUT2D eigenvalue weighted by atomic mass is 28.4. The van der Waals surface area contributed by atoms with E-state index in [2.05, 4.69) is 60.7 Å². The summed E-state index contributed by atoms with van der Waals surface area (Å²) in [7, 11) is -1.64. The molecule has 0 aromatic heterocycles. The van der Waals surface area contributed by atoms with Crippen molar-refractivity contribution >= 4 is 8.32 Å². The van der Waals surface area contributed by atoms with Gasteiger partial charge in [0.05, 0.1) is 6.10 Å². The second kappa shape index (κ2) is 5.50. The molecule has 0 bridgehead atoms. The summed E-state index contributed by atoms with van der Waals surface area (Å²) >= 11 is 0. The van der Waals surface area contributed by atoms with Crippen LogP contribution in [0.3, 0.4) is 0 Å². The Labute approximate surface area is 115 Å². The van der Waals surface area contributed by atoms with E-state index in [0.717, 1.165) is 11.8 Å². The van der Waals surface area contributed by atoms with E-state index in [9.17, 15) is 0 Å². The average molecular weight is 269 g/mol. The summed E-state index contributed by atoms with van der Waals surface area (Å²) < 4.78 is 6.61. The lowest BCUT2D eigenvalue weighted by molar-refractivity contribution is 0.155. The van der Waals surface area contributed by atoms with E-state index < -0.39 is 8.32 Å². The van der Waals surface area contributed by atoms with Gasteiger partial charge in [0.1, 0.15) is 0 Å². The zero-order chi connectivity index (χ0) is 14.1. The summed E-state index contributed by atoms with van der Waals surface area (Å²) in [5.74, 6) is 1.56. The molecule has 1 aliphatic rings. The first-order valence-electron chi connectivity index (χ1n) is 7.39. The third-order valence-corrected chi connectivity index (χ3v) is 9.44. The average Bonchev–Trinajstić information content (AvgIpc) is 2.18. The maximum Gasteiger partial charge on any atom is 0.192 e. The van der Waals surface area contributed by atoms with Gasteiger partial charge in [-0.3, -0.25) is 0 Å². The molecular formula is C16H32OSi. The highest BCUT2D eigenvalue weighted by Gasteiger charge is 2.40. The van der Waals surface area contributed by atoms with E-state index in [1.807, 2.05) is 0 Å². The van der Waals surface area contributed by atoms with Crippen LogP contribution < -0.4 is 0 Å². The van der Waals surface area contributed by atoms with Crippen molar-refractivity contribution in [1.29, 1.82) is 0 Å². The van der Waals surface area contributed by atoms with Crippen LogP contribution in [0.4, 0.5) is 0 Å². The first kappa shape index (κ1) is 16.0. The molecule has 0 amide bonds. The molecule has 0 aromatic rings. The molecule has 1 rings (SSSR count). The largest absolute Gasteiger partial charge is 0.410 e. The molecule has 0 unspecified atom stereocenters. The van der Waals surface area contributed by atoms with Gasteiger partial charge in [0, 0.05) is 0 Å².